The van der Waals surface area contributed by atoms with Gasteiger partial charge in [0.05, 0.1) is 0 Å². The highest BCUT2D eigenvalue weighted by molar-refractivity contribution is 9.25. The van der Waals surface area contributed by atoms with Gasteiger partial charge in [-0.1, -0.05) is 92.8 Å². The highest BCUT2D eigenvalue weighted by Crippen LogP contribution is 2.40. The summed E-state index contributed by atoms with van der Waals surface area (Å²) in [5.41, 5.74) is 2.79. The molecule has 15 heavy (non-hydrogen) atoms. The van der Waals surface area contributed by atoms with Gasteiger partial charge in [0.2, 0.25) is 0 Å². The van der Waals surface area contributed by atoms with Crippen LogP contribution in [-0.2, 0) is 8.65 Å². The Morgan fingerprint density at radius 1 is 1.07 bits per heavy atom. The Morgan fingerprint density at radius 2 is 1.60 bits per heavy atom. The van der Waals surface area contributed by atoms with Crippen LogP contribution in [-0.4, -0.2) is 5.33 Å². The molecule has 0 aromatic heterocycles. The molecular formula is C12H15Br3. The molecule has 0 bridgehead atoms. The predicted molar refractivity (Wildman–Crippen MR) is 78.5 cm³/mol. The van der Waals surface area contributed by atoms with E-state index in [4.69, 9.17) is 0 Å². The molecule has 1 rings (SSSR count). The molecule has 0 radical (unpaired) electrons. The number of hydrogen-bond donors (Lipinski definition) is 0. The van der Waals surface area contributed by atoms with Crippen molar-refractivity contribution < 1.29 is 0 Å². The Hall–Kier alpha value is 0.660. The van der Waals surface area contributed by atoms with Crippen molar-refractivity contribution in [2.75, 3.05) is 5.33 Å². The summed E-state index contributed by atoms with van der Waals surface area (Å²) in [5, 5.41) is 0.827. The highest BCUT2D eigenvalue weighted by atomic mass is 79.9. The van der Waals surface area contributed by atoms with E-state index in [0.29, 0.717) is 0 Å². The first-order valence-electron chi connectivity index (χ1n) is 4.82. The fourth-order valence-electron chi connectivity index (χ4n) is 1.29. The maximum Gasteiger partial charge on any atom is 0.115 e. The molecule has 0 saturated heterocycles. The second-order valence-corrected chi connectivity index (χ2v) is 9.00. The maximum atomic E-state index is 3.66. The van der Waals surface area contributed by atoms with Crippen molar-refractivity contribution >= 4 is 47.8 Å². The van der Waals surface area contributed by atoms with Crippen molar-refractivity contribution in [1.29, 1.82) is 0 Å². The zero-order chi connectivity index (χ0) is 11.7. The molecule has 1 aromatic carbocycles. The standard InChI is InChI=1S/C12H15Br3/c1-11(2,3)9-5-4-6-10(7-9)12(14,15)8-13/h4-7H,8H2,1-3H3. The molecule has 0 fully saturated rings. The Kier molecular flexibility index (Phi) is 4.47. The SMILES string of the molecule is CC(C)(C)c1cccc(C(Br)(Br)CBr)c1. The van der Waals surface area contributed by atoms with Crippen LogP contribution in [0.1, 0.15) is 31.9 Å². The van der Waals surface area contributed by atoms with E-state index in [-0.39, 0.29) is 8.65 Å². The average Bonchev–Trinajstić information content (AvgIpc) is 2.17. The lowest BCUT2D eigenvalue weighted by Gasteiger charge is -2.23. The summed E-state index contributed by atoms with van der Waals surface area (Å²) in [6.07, 6.45) is 0. The first-order chi connectivity index (χ1) is 6.77. The average molecular weight is 399 g/mol. The van der Waals surface area contributed by atoms with Crippen molar-refractivity contribution in [1.82, 2.24) is 0 Å². The molecule has 0 N–H and O–H groups in total. The van der Waals surface area contributed by atoms with Crippen molar-refractivity contribution in [3.63, 3.8) is 0 Å². The van der Waals surface area contributed by atoms with Crippen LogP contribution in [0.2, 0.25) is 0 Å². The Bertz CT molecular complexity index is 337. The summed E-state index contributed by atoms with van der Waals surface area (Å²) >= 11 is 10.8. The van der Waals surface area contributed by atoms with E-state index in [0.717, 1.165) is 5.33 Å². The van der Waals surface area contributed by atoms with Crippen molar-refractivity contribution in [2.24, 2.45) is 0 Å². The van der Waals surface area contributed by atoms with Gasteiger partial charge in [-0.25, -0.2) is 0 Å². The van der Waals surface area contributed by atoms with Gasteiger partial charge in [-0.2, -0.15) is 0 Å². The first kappa shape index (κ1) is 13.7. The third-order valence-corrected chi connectivity index (χ3v) is 6.14. The normalized spacial score (nSPS) is 12.9. The smallest absolute Gasteiger partial charge is 0.0900 e. The fourth-order valence-corrected chi connectivity index (χ4v) is 2.11. The molecule has 1 aromatic rings. The van der Waals surface area contributed by atoms with Crippen LogP contribution >= 0.6 is 47.8 Å². The zero-order valence-electron chi connectivity index (χ0n) is 9.15. The minimum atomic E-state index is -0.165. The molecule has 0 nitrogen and oxygen atoms in total. The summed E-state index contributed by atoms with van der Waals surface area (Å²) < 4.78 is -0.165. The molecule has 0 amide bonds. The van der Waals surface area contributed by atoms with Gasteiger partial charge >= 0.3 is 0 Å². The van der Waals surface area contributed by atoms with Crippen molar-refractivity contribution in [3.8, 4) is 0 Å². The van der Waals surface area contributed by atoms with Gasteiger partial charge in [0, 0.05) is 5.33 Å². The lowest BCUT2D eigenvalue weighted by Crippen LogP contribution is -2.15. The van der Waals surface area contributed by atoms with Gasteiger partial charge in [-0.15, -0.1) is 0 Å². The van der Waals surface area contributed by atoms with Crippen LogP contribution in [0, 0.1) is 0 Å². The number of alkyl halides is 3. The molecule has 84 valence electrons. The van der Waals surface area contributed by atoms with Crippen LogP contribution in [0.25, 0.3) is 0 Å². The van der Waals surface area contributed by atoms with Gasteiger partial charge in [0.1, 0.15) is 3.23 Å². The Morgan fingerprint density at radius 3 is 2.07 bits per heavy atom. The first-order valence-corrected chi connectivity index (χ1v) is 7.53. The number of halogens is 3. The summed E-state index contributed by atoms with van der Waals surface area (Å²) in [7, 11) is 0. The molecule has 0 spiro atoms. The lowest BCUT2D eigenvalue weighted by molar-refractivity contribution is 0.589. The quantitative estimate of drug-likeness (QED) is 0.591. The van der Waals surface area contributed by atoms with Gasteiger partial charge in [0.15, 0.2) is 0 Å². The predicted octanol–water partition coefficient (Wildman–Crippen LogP) is 5.32. The largest absolute Gasteiger partial charge is 0.115 e. The van der Waals surface area contributed by atoms with E-state index in [1.54, 1.807) is 0 Å². The van der Waals surface area contributed by atoms with E-state index in [1.807, 2.05) is 0 Å². The second kappa shape index (κ2) is 4.89. The van der Waals surface area contributed by atoms with E-state index in [2.05, 4.69) is 92.8 Å². The third-order valence-electron chi connectivity index (χ3n) is 2.32. The molecule has 3 heteroatoms. The second-order valence-electron chi connectivity index (χ2n) is 4.67. The summed E-state index contributed by atoms with van der Waals surface area (Å²) in [6, 6.07) is 8.65. The molecule has 0 heterocycles. The van der Waals surface area contributed by atoms with Gasteiger partial charge in [-0.3, -0.25) is 0 Å². The third kappa shape index (κ3) is 3.57. The minimum absolute atomic E-state index is 0.165. The summed E-state index contributed by atoms with van der Waals surface area (Å²) in [4.78, 5) is 0. The maximum absolute atomic E-state index is 3.66. The Labute approximate surface area is 117 Å². The minimum Gasteiger partial charge on any atom is -0.0900 e. The van der Waals surface area contributed by atoms with Crippen LogP contribution in [0.5, 0.6) is 0 Å². The van der Waals surface area contributed by atoms with Gasteiger partial charge < -0.3 is 0 Å². The summed E-state index contributed by atoms with van der Waals surface area (Å²) in [5.74, 6) is 0. The molecule has 0 aliphatic rings. The van der Waals surface area contributed by atoms with E-state index >= 15 is 0 Å². The topological polar surface area (TPSA) is 0 Å². The van der Waals surface area contributed by atoms with Gasteiger partial charge in [-0.05, 0) is 16.5 Å². The van der Waals surface area contributed by atoms with Gasteiger partial charge in [0.25, 0.3) is 0 Å². The highest BCUT2D eigenvalue weighted by Gasteiger charge is 2.25. The van der Waals surface area contributed by atoms with Crippen LogP contribution in [0.3, 0.4) is 0 Å². The lowest BCUT2D eigenvalue weighted by atomic mass is 9.86. The van der Waals surface area contributed by atoms with E-state index in [1.165, 1.54) is 11.1 Å². The number of rotatable bonds is 2. The zero-order valence-corrected chi connectivity index (χ0v) is 13.9. The summed E-state index contributed by atoms with van der Waals surface area (Å²) in [6.45, 7) is 6.68. The van der Waals surface area contributed by atoms with Crippen LogP contribution in [0.4, 0.5) is 0 Å². The monoisotopic (exact) mass is 396 g/mol. The molecule has 0 aliphatic carbocycles. The van der Waals surface area contributed by atoms with Crippen molar-refractivity contribution in [3.05, 3.63) is 35.4 Å². The molecule has 0 saturated carbocycles. The van der Waals surface area contributed by atoms with Crippen LogP contribution in [0.15, 0.2) is 24.3 Å². The molecule has 0 atom stereocenters. The van der Waals surface area contributed by atoms with Crippen molar-refractivity contribution in [2.45, 2.75) is 29.4 Å². The Balaban J connectivity index is 3.14. The van der Waals surface area contributed by atoms with E-state index in [9.17, 15) is 0 Å². The molecule has 0 aliphatic heterocycles. The molecule has 0 unspecified atom stereocenters. The fraction of sp³-hybridized carbons (Fsp3) is 0.500. The number of benzene rings is 1. The molecular weight excluding hydrogens is 384 g/mol. The van der Waals surface area contributed by atoms with E-state index < -0.39 is 0 Å². The van der Waals surface area contributed by atoms with Crippen LogP contribution < -0.4 is 0 Å². The number of hydrogen-bond acceptors (Lipinski definition) is 0.